The first-order valence-electron chi connectivity index (χ1n) is 7.76. The summed E-state index contributed by atoms with van der Waals surface area (Å²) >= 11 is 0. The molecule has 2 rings (SSSR count). The minimum atomic E-state index is -0.498. The van der Waals surface area contributed by atoms with Gasteiger partial charge in [0.2, 0.25) is 0 Å². The smallest absolute Gasteiger partial charge is 0.342 e. The molecule has 0 amide bonds. The Morgan fingerprint density at radius 3 is 2.75 bits per heavy atom. The number of nitrogens with zero attached hydrogens (tertiary/aromatic N) is 3. The van der Waals surface area contributed by atoms with Crippen LogP contribution in [0.25, 0.3) is 0 Å². The van der Waals surface area contributed by atoms with Gasteiger partial charge in [0.1, 0.15) is 19.3 Å². The highest BCUT2D eigenvalue weighted by Crippen LogP contribution is 2.14. The Bertz CT molecular complexity index is 752. The third-order valence-electron chi connectivity index (χ3n) is 3.90. The van der Waals surface area contributed by atoms with Crippen LogP contribution in [0.4, 0.5) is 5.82 Å². The average molecular weight is 331 g/mol. The van der Waals surface area contributed by atoms with E-state index in [4.69, 9.17) is 4.74 Å². The first-order chi connectivity index (χ1) is 11.4. The van der Waals surface area contributed by atoms with Gasteiger partial charge in [-0.05, 0) is 36.3 Å². The Morgan fingerprint density at radius 1 is 1.33 bits per heavy atom. The monoisotopic (exact) mass is 331 g/mol. The molecule has 0 fully saturated rings. The molecule has 2 aromatic rings. The summed E-state index contributed by atoms with van der Waals surface area (Å²) in [5.41, 5.74) is 3.47. The summed E-state index contributed by atoms with van der Waals surface area (Å²) in [6, 6.07) is 6.13. The van der Waals surface area contributed by atoms with Crippen LogP contribution in [0.1, 0.15) is 28.9 Å². The maximum atomic E-state index is 11.8. The van der Waals surface area contributed by atoms with Gasteiger partial charge in [0.15, 0.2) is 5.82 Å². The van der Waals surface area contributed by atoms with Crippen LogP contribution in [0.2, 0.25) is 0 Å². The molecule has 0 atom stereocenters. The molecule has 1 aromatic heterocycles. The van der Waals surface area contributed by atoms with E-state index in [1.165, 1.54) is 16.3 Å². The molecule has 7 nitrogen and oxygen atoms in total. The van der Waals surface area contributed by atoms with Gasteiger partial charge < -0.3 is 14.9 Å². The number of aromatic nitrogens is 2. The van der Waals surface area contributed by atoms with Crippen molar-refractivity contribution in [2.75, 3.05) is 6.61 Å². The van der Waals surface area contributed by atoms with Crippen molar-refractivity contribution in [2.45, 2.75) is 40.2 Å². The van der Waals surface area contributed by atoms with Crippen LogP contribution < -0.4 is 0 Å². The quantitative estimate of drug-likeness (QED) is 0.442. The number of carbonyl (C=O) groups excluding carboxylic acids is 1. The number of nitro groups is 1. The molecule has 1 aromatic carbocycles. The predicted molar refractivity (Wildman–Crippen MR) is 88.8 cm³/mol. The van der Waals surface area contributed by atoms with E-state index in [-0.39, 0.29) is 31.4 Å². The molecule has 0 N–H and O–H groups in total. The third kappa shape index (κ3) is 4.41. The second-order valence-corrected chi connectivity index (χ2v) is 5.72. The molecular formula is C17H21N3O4. The Hall–Kier alpha value is -2.70. The molecule has 0 aliphatic heterocycles. The average Bonchev–Trinajstić information content (AvgIpc) is 2.88. The molecule has 0 spiro atoms. The van der Waals surface area contributed by atoms with Gasteiger partial charge in [0.05, 0.1) is 0 Å². The fraction of sp³-hybridized carbons (Fsp3) is 0.412. The van der Waals surface area contributed by atoms with Crippen molar-refractivity contribution >= 4 is 11.8 Å². The fourth-order valence-corrected chi connectivity index (χ4v) is 2.56. The maximum absolute atomic E-state index is 11.8. The first-order valence-corrected chi connectivity index (χ1v) is 7.76. The van der Waals surface area contributed by atoms with E-state index in [0.29, 0.717) is 12.2 Å². The Kier molecular flexibility index (Phi) is 5.68. The van der Waals surface area contributed by atoms with Gasteiger partial charge in [0.25, 0.3) is 0 Å². The zero-order valence-electron chi connectivity index (χ0n) is 14.1. The number of ether oxygens (including phenoxy) is 1. The van der Waals surface area contributed by atoms with Crippen LogP contribution in [-0.4, -0.2) is 27.1 Å². The van der Waals surface area contributed by atoms with Gasteiger partial charge in [-0.3, -0.25) is 4.79 Å². The molecule has 128 valence electrons. The molecule has 0 saturated carbocycles. The molecular weight excluding hydrogens is 310 g/mol. The Balaban J connectivity index is 1.82. The number of imidazole rings is 1. The van der Waals surface area contributed by atoms with E-state index in [1.54, 1.807) is 6.92 Å². The van der Waals surface area contributed by atoms with Gasteiger partial charge in [-0.25, -0.2) is 9.55 Å². The zero-order valence-corrected chi connectivity index (χ0v) is 14.1. The van der Waals surface area contributed by atoms with E-state index < -0.39 is 4.92 Å². The minimum Gasteiger partial charge on any atom is -0.461 e. The number of rotatable bonds is 7. The largest absolute Gasteiger partial charge is 0.461 e. The molecule has 0 aliphatic carbocycles. The summed E-state index contributed by atoms with van der Waals surface area (Å²) in [7, 11) is 0. The maximum Gasteiger partial charge on any atom is 0.342 e. The van der Waals surface area contributed by atoms with Crippen LogP contribution in [-0.2, 0) is 22.5 Å². The first kappa shape index (κ1) is 17.7. The van der Waals surface area contributed by atoms with Crippen LogP contribution in [0.15, 0.2) is 24.4 Å². The second kappa shape index (κ2) is 7.72. The van der Waals surface area contributed by atoms with Crippen LogP contribution in [0.3, 0.4) is 0 Å². The molecule has 7 heteroatoms. The van der Waals surface area contributed by atoms with Gasteiger partial charge in [-0.2, -0.15) is 0 Å². The van der Waals surface area contributed by atoms with Crippen molar-refractivity contribution in [1.82, 2.24) is 9.55 Å². The highest BCUT2D eigenvalue weighted by Gasteiger charge is 2.17. The summed E-state index contributed by atoms with van der Waals surface area (Å²) in [5, 5.41) is 10.9. The topological polar surface area (TPSA) is 87.3 Å². The van der Waals surface area contributed by atoms with E-state index in [1.807, 2.05) is 26.0 Å². The molecule has 0 bridgehead atoms. The molecule has 0 unspecified atom stereocenters. The molecule has 0 saturated heterocycles. The van der Waals surface area contributed by atoms with Crippen molar-refractivity contribution in [3.05, 3.63) is 57.0 Å². The van der Waals surface area contributed by atoms with Gasteiger partial charge in [-0.1, -0.05) is 23.8 Å². The van der Waals surface area contributed by atoms with Gasteiger partial charge in [0, 0.05) is 13.3 Å². The van der Waals surface area contributed by atoms with Crippen molar-refractivity contribution in [3.63, 3.8) is 0 Å². The second-order valence-electron chi connectivity index (χ2n) is 5.72. The highest BCUT2D eigenvalue weighted by molar-refractivity contribution is 5.69. The van der Waals surface area contributed by atoms with E-state index in [0.717, 1.165) is 11.1 Å². The van der Waals surface area contributed by atoms with E-state index in [2.05, 4.69) is 11.1 Å². The Labute approximate surface area is 140 Å². The van der Waals surface area contributed by atoms with E-state index >= 15 is 0 Å². The Morgan fingerprint density at radius 2 is 2.08 bits per heavy atom. The molecule has 1 heterocycles. The predicted octanol–water partition coefficient (Wildman–Crippen LogP) is 2.89. The standard InChI is InChI=1S/C17H21N3O4/c1-12-4-5-15(13(2)10-12)6-7-17(21)24-9-8-19-14(3)18-11-16(19)20(22)23/h4-5,10-11H,6-9H2,1-3H3. The number of carbonyl (C=O) groups is 1. The number of aryl methyl sites for hydroxylation is 4. The summed E-state index contributed by atoms with van der Waals surface area (Å²) in [4.78, 5) is 26.1. The van der Waals surface area contributed by atoms with Crippen LogP contribution >= 0.6 is 0 Å². The van der Waals surface area contributed by atoms with Crippen molar-refractivity contribution in [1.29, 1.82) is 0 Å². The molecule has 0 radical (unpaired) electrons. The fourth-order valence-electron chi connectivity index (χ4n) is 2.56. The lowest BCUT2D eigenvalue weighted by Gasteiger charge is -2.08. The van der Waals surface area contributed by atoms with Crippen molar-refractivity contribution in [2.24, 2.45) is 0 Å². The molecule has 0 aliphatic rings. The molecule has 24 heavy (non-hydrogen) atoms. The number of hydrogen-bond donors (Lipinski definition) is 0. The summed E-state index contributed by atoms with van der Waals surface area (Å²) < 4.78 is 6.61. The number of esters is 1. The third-order valence-corrected chi connectivity index (χ3v) is 3.90. The minimum absolute atomic E-state index is 0.0871. The highest BCUT2D eigenvalue weighted by atomic mass is 16.6. The van der Waals surface area contributed by atoms with Gasteiger partial charge >= 0.3 is 11.8 Å². The summed E-state index contributed by atoms with van der Waals surface area (Å²) in [6.45, 7) is 6.03. The van der Waals surface area contributed by atoms with Crippen molar-refractivity contribution < 1.29 is 14.5 Å². The summed E-state index contributed by atoms with van der Waals surface area (Å²) in [6.07, 6.45) is 2.11. The van der Waals surface area contributed by atoms with Crippen LogP contribution in [0.5, 0.6) is 0 Å². The lowest BCUT2D eigenvalue weighted by molar-refractivity contribution is -0.392. The summed E-state index contributed by atoms with van der Waals surface area (Å²) in [5.74, 6) is 0.113. The van der Waals surface area contributed by atoms with Crippen molar-refractivity contribution in [3.8, 4) is 0 Å². The number of hydrogen-bond acceptors (Lipinski definition) is 5. The SMILES string of the molecule is Cc1ccc(CCC(=O)OCCn2c([N+](=O)[O-])cnc2C)c(C)c1. The van der Waals surface area contributed by atoms with E-state index in [9.17, 15) is 14.9 Å². The normalized spacial score (nSPS) is 10.6. The lowest BCUT2D eigenvalue weighted by atomic mass is 10.0. The van der Waals surface area contributed by atoms with Gasteiger partial charge in [-0.15, -0.1) is 0 Å². The van der Waals surface area contributed by atoms with Crippen LogP contribution in [0, 0.1) is 30.9 Å². The lowest BCUT2D eigenvalue weighted by Crippen LogP contribution is -2.14. The zero-order chi connectivity index (χ0) is 17.7. The number of benzene rings is 1.